The van der Waals surface area contributed by atoms with Crippen LogP contribution < -0.4 is 5.73 Å². The summed E-state index contributed by atoms with van der Waals surface area (Å²) in [5, 5.41) is 0. The number of hydrogen-bond donors (Lipinski definition) is 0. The molecule has 2 bridgehead atoms. The van der Waals surface area contributed by atoms with Gasteiger partial charge < -0.3 is 4.90 Å². The highest BCUT2D eigenvalue weighted by Crippen LogP contribution is 2.26. The van der Waals surface area contributed by atoms with Gasteiger partial charge in [-0.15, -0.1) is 0 Å². The molecule has 2 rings (SSSR count). The molecule has 3 atom stereocenters. The Morgan fingerprint density at radius 1 is 1.38 bits per heavy atom. The molecule has 0 aromatic rings. The highest BCUT2D eigenvalue weighted by atomic mass is 15.2. The first-order chi connectivity index (χ1) is 3.86. The lowest BCUT2D eigenvalue weighted by molar-refractivity contribution is 0.343. The van der Waals surface area contributed by atoms with Crippen molar-refractivity contribution < 1.29 is 0 Å². The van der Waals surface area contributed by atoms with E-state index in [0.29, 0.717) is 0 Å². The van der Waals surface area contributed by atoms with Crippen LogP contribution >= 0.6 is 0 Å². The van der Waals surface area contributed by atoms with E-state index in [9.17, 15) is 0 Å². The molecule has 0 aromatic carbocycles. The van der Waals surface area contributed by atoms with Crippen LogP contribution in [0.5, 0.6) is 0 Å². The van der Waals surface area contributed by atoms with Gasteiger partial charge in [0.1, 0.15) is 0 Å². The molecule has 2 aliphatic rings. The minimum absolute atomic E-state index is 0.253. The van der Waals surface area contributed by atoms with E-state index in [1.54, 1.807) is 0 Å². The van der Waals surface area contributed by atoms with Crippen LogP contribution in [0.1, 0.15) is 6.42 Å². The topological polar surface area (TPSA) is 27.0 Å². The Bertz CT molecular complexity index is 101. The van der Waals surface area contributed by atoms with Gasteiger partial charge in [0.25, 0.3) is 0 Å². The van der Waals surface area contributed by atoms with E-state index < -0.39 is 0 Å². The van der Waals surface area contributed by atoms with Crippen molar-refractivity contribution >= 4 is 0 Å². The van der Waals surface area contributed by atoms with Gasteiger partial charge in [0.05, 0.1) is 0 Å². The normalized spacial score (nSPS) is 52.9. The number of rotatable bonds is 0. The Morgan fingerprint density at radius 2 is 2.25 bits per heavy atom. The average Bonchev–Trinajstić information content (AvgIpc) is 2.23. The first-order valence-electron chi connectivity index (χ1n) is 3.30. The molecular weight excluding hydrogens is 100 g/mol. The van der Waals surface area contributed by atoms with Crippen molar-refractivity contribution in [3.05, 3.63) is 0 Å². The van der Waals surface area contributed by atoms with E-state index in [0.717, 1.165) is 12.5 Å². The molecule has 0 amide bonds. The van der Waals surface area contributed by atoms with Crippen LogP contribution in [0.3, 0.4) is 0 Å². The van der Waals surface area contributed by atoms with Gasteiger partial charge in [-0.05, 0) is 18.9 Å². The first kappa shape index (κ1) is 4.77. The molecule has 45 valence electrons. The molecule has 0 spiro atoms. The summed E-state index contributed by atoms with van der Waals surface area (Å²) >= 11 is 0. The third-order valence-electron chi connectivity index (χ3n) is 2.33. The Balaban J connectivity index is 2.11. The number of piperidine rings is 1. The molecule has 2 nitrogen and oxygen atoms in total. The lowest BCUT2D eigenvalue weighted by Crippen LogP contribution is -2.28. The quantitative estimate of drug-likeness (QED) is 0.431. The van der Waals surface area contributed by atoms with Gasteiger partial charge in [0.2, 0.25) is 0 Å². The van der Waals surface area contributed by atoms with Crippen LogP contribution in [0.2, 0.25) is 0 Å². The Morgan fingerprint density at radius 3 is 2.50 bits per heavy atom. The van der Waals surface area contributed by atoms with E-state index in [4.69, 9.17) is 5.73 Å². The van der Waals surface area contributed by atoms with E-state index >= 15 is 0 Å². The summed E-state index contributed by atoms with van der Waals surface area (Å²) in [5.74, 6) is 0.731. The van der Waals surface area contributed by atoms with Crippen molar-refractivity contribution in [3.63, 3.8) is 0 Å². The van der Waals surface area contributed by atoms with Gasteiger partial charge >= 0.3 is 0 Å². The minimum Gasteiger partial charge on any atom is -0.301 e. The molecular formula is C6H11N2. The summed E-state index contributed by atoms with van der Waals surface area (Å²) < 4.78 is 0. The van der Waals surface area contributed by atoms with Gasteiger partial charge in [0, 0.05) is 19.1 Å². The summed E-state index contributed by atoms with van der Waals surface area (Å²) in [6.45, 7) is 3.53. The molecule has 2 aliphatic heterocycles. The van der Waals surface area contributed by atoms with Crippen LogP contribution in [-0.4, -0.2) is 30.6 Å². The van der Waals surface area contributed by atoms with E-state index in [2.05, 4.69) is 4.90 Å². The predicted molar refractivity (Wildman–Crippen MR) is 31.4 cm³/mol. The minimum atomic E-state index is 0.253. The van der Waals surface area contributed by atoms with Crippen molar-refractivity contribution in [1.29, 1.82) is 0 Å². The highest BCUT2D eigenvalue weighted by molar-refractivity contribution is 4.92. The van der Waals surface area contributed by atoms with Crippen molar-refractivity contribution in [3.8, 4) is 0 Å². The predicted octanol–water partition coefficient (Wildman–Crippen LogP) is -0.0266. The molecule has 0 aromatic heterocycles. The Kier molecular flexibility index (Phi) is 0.866. The maximum Gasteiger partial charge on any atom is 0.0381 e. The highest BCUT2D eigenvalue weighted by Gasteiger charge is 2.35. The molecule has 3 unspecified atom stereocenters. The molecule has 1 N–H and O–H groups in total. The summed E-state index contributed by atoms with van der Waals surface area (Å²) in [7, 11) is 0. The number of fused-ring (bicyclic) bond motifs is 2. The summed E-state index contributed by atoms with van der Waals surface area (Å²) in [5.41, 5.74) is 7.48. The van der Waals surface area contributed by atoms with Crippen molar-refractivity contribution in [1.82, 2.24) is 10.6 Å². The van der Waals surface area contributed by atoms with Crippen LogP contribution in [0.15, 0.2) is 0 Å². The maximum atomic E-state index is 7.48. The third kappa shape index (κ3) is 0.501. The zero-order valence-electron chi connectivity index (χ0n) is 4.93. The Hall–Kier alpha value is -0.0800. The number of hydrogen-bond acceptors (Lipinski definition) is 1. The lowest BCUT2D eigenvalue weighted by atomic mass is 10.0. The fourth-order valence-corrected chi connectivity index (χ4v) is 1.78. The first-order valence-corrected chi connectivity index (χ1v) is 3.30. The summed E-state index contributed by atoms with van der Waals surface area (Å²) in [4.78, 5) is 2.39. The molecule has 2 heterocycles. The molecule has 2 saturated heterocycles. The zero-order chi connectivity index (χ0) is 5.56. The molecule has 2 heteroatoms. The van der Waals surface area contributed by atoms with Crippen LogP contribution in [0.25, 0.3) is 0 Å². The smallest absolute Gasteiger partial charge is 0.0381 e. The second-order valence-corrected chi connectivity index (χ2v) is 2.91. The van der Waals surface area contributed by atoms with Crippen molar-refractivity contribution in [2.24, 2.45) is 5.92 Å². The lowest BCUT2D eigenvalue weighted by Gasteiger charge is -2.15. The zero-order valence-corrected chi connectivity index (χ0v) is 4.93. The van der Waals surface area contributed by atoms with Gasteiger partial charge in [-0.2, -0.15) is 0 Å². The SMILES string of the molecule is [NH]C1CN2CCC1C2. The van der Waals surface area contributed by atoms with Crippen molar-refractivity contribution in [2.45, 2.75) is 12.5 Å². The largest absolute Gasteiger partial charge is 0.301 e. The molecule has 2 fully saturated rings. The van der Waals surface area contributed by atoms with Crippen LogP contribution in [0.4, 0.5) is 0 Å². The summed E-state index contributed by atoms with van der Waals surface area (Å²) in [6, 6.07) is 0.253. The molecule has 0 saturated carbocycles. The Labute approximate surface area is 49.7 Å². The third-order valence-corrected chi connectivity index (χ3v) is 2.33. The van der Waals surface area contributed by atoms with Crippen molar-refractivity contribution in [2.75, 3.05) is 19.6 Å². The standard InChI is InChI=1S/C6H11N2/c7-6-4-8-2-1-5(6)3-8/h5-7H,1-4H2. The fraction of sp³-hybridized carbons (Fsp3) is 1.00. The van der Waals surface area contributed by atoms with E-state index in [1.807, 2.05) is 0 Å². The van der Waals surface area contributed by atoms with Crippen LogP contribution in [0, 0.1) is 5.92 Å². The molecule has 8 heavy (non-hydrogen) atoms. The monoisotopic (exact) mass is 111 g/mol. The molecule has 0 aliphatic carbocycles. The fourth-order valence-electron chi connectivity index (χ4n) is 1.78. The molecule has 1 radical (unpaired) electrons. The second kappa shape index (κ2) is 1.45. The van der Waals surface area contributed by atoms with Gasteiger partial charge in [-0.1, -0.05) is 0 Å². The maximum absolute atomic E-state index is 7.48. The van der Waals surface area contributed by atoms with Gasteiger partial charge in [-0.25, -0.2) is 0 Å². The van der Waals surface area contributed by atoms with Gasteiger partial charge in [0.15, 0.2) is 0 Å². The van der Waals surface area contributed by atoms with Gasteiger partial charge in [-0.3, -0.25) is 5.73 Å². The summed E-state index contributed by atoms with van der Waals surface area (Å²) in [6.07, 6.45) is 1.29. The van der Waals surface area contributed by atoms with E-state index in [-0.39, 0.29) is 6.04 Å². The number of nitrogens with one attached hydrogen (secondary N) is 1. The van der Waals surface area contributed by atoms with E-state index in [1.165, 1.54) is 19.5 Å². The van der Waals surface area contributed by atoms with Crippen LogP contribution in [-0.2, 0) is 0 Å². The average molecular weight is 111 g/mol. The second-order valence-electron chi connectivity index (χ2n) is 2.91. The number of nitrogens with zero attached hydrogens (tertiary/aromatic N) is 1.